The van der Waals surface area contributed by atoms with Gasteiger partial charge in [0.05, 0.1) is 10.7 Å². The average Bonchev–Trinajstić information content (AvgIpc) is 2.65. The summed E-state index contributed by atoms with van der Waals surface area (Å²) in [4.78, 5) is 4.37. The van der Waals surface area contributed by atoms with E-state index in [0.717, 1.165) is 36.6 Å². The molecule has 13 heavy (non-hydrogen) atoms. The molecule has 0 bridgehead atoms. The number of thiazole rings is 1. The zero-order chi connectivity index (χ0) is 9.31. The van der Waals surface area contributed by atoms with Gasteiger partial charge in [0.15, 0.2) is 0 Å². The van der Waals surface area contributed by atoms with E-state index in [1.807, 2.05) is 6.92 Å². The molecule has 0 saturated heterocycles. The molecule has 3 N–H and O–H groups in total. The van der Waals surface area contributed by atoms with Gasteiger partial charge in [-0.25, -0.2) is 4.98 Å². The van der Waals surface area contributed by atoms with Crippen LogP contribution in [-0.4, -0.2) is 17.1 Å². The van der Waals surface area contributed by atoms with Gasteiger partial charge in [0.25, 0.3) is 0 Å². The topological polar surface area (TPSA) is 50.9 Å². The lowest BCUT2D eigenvalue weighted by atomic mass is 10.3. The SMILES string of the molecule is Cc1nc(CNCC2(N)CC2)cs1. The van der Waals surface area contributed by atoms with Gasteiger partial charge >= 0.3 is 0 Å². The third-order valence-corrected chi connectivity index (χ3v) is 3.16. The van der Waals surface area contributed by atoms with Gasteiger partial charge < -0.3 is 11.1 Å². The summed E-state index contributed by atoms with van der Waals surface area (Å²) in [5.74, 6) is 0. The van der Waals surface area contributed by atoms with Crippen molar-refractivity contribution in [2.45, 2.75) is 31.8 Å². The molecule has 0 aliphatic heterocycles. The highest BCUT2D eigenvalue weighted by Crippen LogP contribution is 2.30. The van der Waals surface area contributed by atoms with Crippen molar-refractivity contribution in [2.24, 2.45) is 5.73 Å². The van der Waals surface area contributed by atoms with Crippen molar-refractivity contribution in [3.05, 3.63) is 16.1 Å². The minimum Gasteiger partial charge on any atom is -0.324 e. The monoisotopic (exact) mass is 197 g/mol. The van der Waals surface area contributed by atoms with Gasteiger partial charge in [0.2, 0.25) is 0 Å². The largest absolute Gasteiger partial charge is 0.324 e. The molecule has 1 saturated carbocycles. The molecule has 0 amide bonds. The van der Waals surface area contributed by atoms with Crippen LogP contribution in [0.5, 0.6) is 0 Å². The van der Waals surface area contributed by atoms with Crippen LogP contribution in [0.25, 0.3) is 0 Å². The highest BCUT2D eigenvalue weighted by molar-refractivity contribution is 7.09. The molecule has 1 aromatic heterocycles. The van der Waals surface area contributed by atoms with Crippen LogP contribution in [0.1, 0.15) is 23.5 Å². The van der Waals surface area contributed by atoms with Gasteiger partial charge in [-0.15, -0.1) is 11.3 Å². The van der Waals surface area contributed by atoms with Crippen LogP contribution in [-0.2, 0) is 6.54 Å². The van der Waals surface area contributed by atoms with Crippen molar-refractivity contribution in [1.29, 1.82) is 0 Å². The van der Waals surface area contributed by atoms with Gasteiger partial charge in [-0.3, -0.25) is 0 Å². The first kappa shape index (κ1) is 9.12. The molecular formula is C9H15N3S. The normalized spacial score (nSPS) is 18.9. The second kappa shape index (κ2) is 3.36. The van der Waals surface area contributed by atoms with E-state index in [-0.39, 0.29) is 5.54 Å². The number of rotatable bonds is 4. The molecule has 1 aliphatic rings. The van der Waals surface area contributed by atoms with Crippen LogP contribution >= 0.6 is 11.3 Å². The predicted molar refractivity (Wildman–Crippen MR) is 54.7 cm³/mol. The second-order valence-electron chi connectivity index (χ2n) is 3.82. The third-order valence-electron chi connectivity index (χ3n) is 2.34. The second-order valence-corrected chi connectivity index (χ2v) is 4.89. The Morgan fingerprint density at radius 2 is 2.46 bits per heavy atom. The maximum atomic E-state index is 5.94. The summed E-state index contributed by atoms with van der Waals surface area (Å²) >= 11 is 1.70. The number of aryl methyl sites for hydroxylation is 1. The molecule has 3 nitrogen and oxygen atoms in total. The molecule has 0 aromatic carbocycles. The summed E-state index contributed by atoms with van der Waals surface area (Å²) in [6.45, 7) is 3.80. The lowest BCUT2D eigenvalue weighted by molar-refractivity contribution is 0.565. The standard InChI is InChI=1S/C9H15N3S/c1-7-12-8(5-13-7)4-11-6-9(10)2-3-9/h5,11H,2-4,6,10H2,1H3. The Hall–Kier alpha value is -0.450. The molecule has 1 heterocycles. The molecule has 0 unspecified atom stereocenters. The Morgan fingerprint density at radius 1 is 1.69 bits per heavy atom. The molecule has 1 fully saturated rings. The molecule has 72 valence electrons. The zero-order valence-electron chi connectivity index (χ0n) is 7.84. The summed E-state index contributed by atoms with van der Waals surface area (Å²) in [6, 6.07) is 0. The van der Waals surface area contributed by atoms with E-state index in [2.05, 4.69) is 15.7 Å². The van der Waals surface area contributed by atoms with Crippen molar-refractivity contribution < 1.29 is 0 Å². The highest BCUT2D eigenvalue weighted by Gasteiger charge is 2.37. The number of nitrogens with zero attached hydrogens (tertiary/aromatic N) is 1. The molecular weight excluding hydrogens is 182 g/mol. The fourth-order valence-corrected chi connectivity index (χ4v) is 1.88. The summed E-state index contributed by atoms with van der Waals surface area (Å²) < 4.78 is 0. The summed E-state index contributed by atoms with van der Waals surface area (Å²) in [5.41, 5.74) is 7.17. The Balaban J connectivity index is 1.73. The highest BCUT2D eigenvalue weighted by atomic mass is 32.1. The fraction of sp³-hybridized carbons (Fsp3) is 0.667. The van der Waals surface area contributed by atoms with E-state index < -0.39 is 0 Å². The van der Waals surface area contributed by atoms with Crippen LogP contribution < -0.4 is 11.1 Å². The van der Waals surface area contributed by atoms with Gasteiger partial charge in [0.1, 0.15) is 0 Å². The molecule has 0 atom stereocenters. The first-order valence-electron chi connectivity index (χ1n) is 4.59. The van der Waals surface area contributed by atoms with E-state index in [0.29, 0.717) is 0 Å². The number of nitrogens with two attached hydrogens (primary N) is 1. The minimum absolute atomic E-state index is 0.102. The fourth-order valence-electron chi connectivity index (χ4n) is 1.27. The predicted octanol–water partition coefficient (Wildman–Crippen LogP) is 1.03. The van der Waals surface area contributed by atoms with E-state index in [1.54, 1.807) is 11.3 Å². The Labute approximate surface area is 82.4 Å². The Bertz CT molecular complexity index is 291. The maximum absolute atomic E-state index is 5.94. The first-order chi connectivity index (χ1) is 6.18. The van der Waals surface area contributed by atoms with Crippen LogP contribution in [0.2, 0.25) is 0 Å². The van der Waals surface area contributed by atoms with Crippen LogP contribution in [0.4, 0.5) is 0 Å². The van der Waals surface area contributed by atoms with Crippen molar-refractivity contribution >= 4 is 11.3 Å². The van der Waals surface area contributed by atoms with E-state index >= 15 is 0 Å². The van der Waals surface area contributed by atoms with Crippen molar-refractivity contribution in [1.82, 2.24) is 10.3 Å². The summed E-state index contributed by atoms with van der Waals surface area (Å²) in [7, 11) is 0. The Kier molecular flexibility index (Phi) is 2.36. The number of hydrogen-bond acceptors (Lipinski definition) is 4. The van der Waals surface area contributed by atoms with Gasteiger partial charge in [-0.2, -0.15) is 0 Å². The number of hydrogen-bond donors (Lipinski definition) is 2. The average molecular weight is 197 g/mol. The van der Waals surface area contributed by atoms with Crippen molar-refractivity contribution in [3.63, 3.8) is 0 Å². The van der Waals surface area contributed by atoms with Gasteiger partial charge in [0, 0.05) is 24.0 Å². The van der Waals surface area contributed by atoms with Crippen molar-refractivity contribution in [3.8, 4) is 0 Å². The minimum atomic E-state index is 0.102. The molecule has 0 spiro atoms. The smallest absolute Gasteiger partial charge is 0.0897 e. The summed E-state index contributed by atoms with van der Waals surface area (Å²) in [5, 5.41) is 6.56. The van der Waals surface area contributed by atoms with E-state index in [1.165, 1.54) is 0 Å². The lowest BCUT2D eigenvalue weighted by Gasteiger charge is -2.08. The number of aromatic nitrogens is 1. The van der Waals surface area contributed by atoms with E-state index in [4.69, 9.17) is 5.73 Å². The zero-order valence-corrected chi connectivity index (χ0v) is 8.66. The van der Waals surface area contributed by atoms with Gasteiger partial charge in [-0.1, -0.05) is 0 Å². The lowest BCUT2D eigenvalue weighted by Crippen LogP contribution is -2.35. The molecule has 0 radical (unpaired) electrons. The quantitative estimate of drug-likeness (QED) is 0.758. The molecule has 1 aliphatic carbocycles. The number of nitrogens with one attached hydrogen (secondary N) is 1. The molecule has 4 heteroatoms. The first-order valence-corrected chi connectivity index (χ1v) is 5.47. The van der Waals surface area contributed by atoms with Crippen LogP contribution in [0.3, 0.4) is 0 Å². The van der Waals surface area contributed by atoms with E-state index in [9.17, 15) is 0 Å². The van der Waals surface area contributed by atoms with Gasteiger partial charge in [-0.05, 0) is 19.8 Å². The molecule has 2 rings (SSSR count). The van der Waals surface area contributed by atoms with Crippen LogP contribution in [0.15, 0.2) is 5.38 Å². The van der Waals surface area contributed by atoms with Crippen molar-refractivity contribution in [2.75, 3.05) is 6.54 Å². The summed E-state index contributed by atoms with van der Waals surface area (Å²) in [6.07, 6.45) is 2.33. The van der Waals surface area contributed by atoms with Crippen LogP contribution in [0, 0.1) is 6.92 Å². The third kappa shape index (κ3) is 2.49. The maximum Gasteiger partial charge on any atom is 0.0897 e. The molecule has 1 aromatic rings. The Morgan fingerprint density at radius 3 is 3.00 bits per heavy atom.